The SMILES string of the molecule is CCOCCOC(=O)c1n[nH]c2ccccc12. The van der Waals surface area contributed by atoms with Crippen LogP contribution in [0.2, 0.25) is 0 Å². The Labute approximate surface area is 98.7 Å². The van der Waals surface area contributed by atoms with Crippen molar-refractivity contribution in [1.82, 2.24) is 10.2 Å². The normalized spacial score (nSPS) is 10.6. The van der Waals surface area contributed by atoms with Crippen molar-refractivity contribution in [3.8, 4) is 0 Å². The Morgan fingerprint density at radius 1 is 1.35 bits per heavy atom. The van der Waals surface area contributed by atoms with Crippen molar-refractivity contribution in [2.75, 3.05) is 19.8 Å². The number of rotatable bonds is 5. The second-order valence-electron chi connectivity index (χ2n) is 3.45. The van der Waals surface area contributed by atoms with Gasteiger partial charge in [-0.05, 0) is 13.0 Å². The van der Waals surface area contributed by atoms with Crippen molar-refractivity contribution in [2.45, 2.75) is 6.92 Å². The fraction of sp³-hybridized carbons (Fsp3) is 0.333. The number of aromatic nitrogens is 2. The van der Waals surface area contributed by atoms with Gasteiger partial charge in [-0.2, -0.15) is 5.10 Å². The van der Waals surface area contributed by atoms with Gasteiger partial charge in [0.15, 0.2) is 5.69 Å². The van der Waals surface area contributed by atoms with Gasteiger partial charge < -0.3 is 9.47 Å². The van der Waals surface area contributed by atoms with E-state index in [1.807, 2.05) is 31.2 Å². The van der Waals surface area contributed by atoms with Crippen molar-refractivity contribution in [3.63, 3.8) is 0 Å². The first-order valence-corrected chi connectivity index (χ1v) is 5.51. The Kier molecular flexibility index (Phi) is 3.72. The lowest BCUT2D eigenvalue weighted by Crippen LogP contribution is -2.11. The molecule has 0 aliphatic carbocycles. The highest BCUT2D eigenvalue weighted by molar-refractivity contribution is 6.01. The second-order valence-corrected chi connectivity index (χ2v) is 3.45. The molecule has 1 heterocycles. The molecule has 90 valence electrons. The van der Waals surface area contributed by atoms with Crippen molar-refractivity contribution in [2.24, 2.45) is 0 Å². The summed E-state index contributed by atoms with van der Waals surface area (Å²) >= 11 is 0. The van der Waals surface area contributed by atoms with Crippen LogP contribution in [0.15, 0.2) is 24.3 Å². The van der Waals surface area contributed by atoms with Crippen LogP contribution in [0.5, 0.6) is 0 Å². The van der Waals surface area contributed by atoms with Crippen LogP contribution in [-0.4, -0.2) is 36.0 Å². The van der Waals surface area contributed by atoms with Gasteiger partial charge in [-0.1, -0.05) is 18.2 Å². The molecule has 0 fully saturated rings. The number of benzene rings is 1. The predicted molar refractivity (Wildman–Crippen MR) is 62.9 cm³/mol. The van der Waals surface area contributed by atoms with Crippen molar-refractivity contribution in [3.05, 3.63) is 30.0 Å². The molecule has 1 aromatic heterocycles. The van der Waals surface area contributed by atoms with E-state index < -0.39 is 5.97 Å². The maximum Gasteiger partial charge on any atom is 0.359 e. The van der Waals surface area contributed by atoms with Crippen LogP contribution in [0.25, 0.3) is 10.9 Å². The quantitative estimate of drug-likeness (QED) is 0.632. The van der Waals surface area contributed by atoms with Crippen LogP contribution in [0.4, 0.5) is 0 Å². The number of para-hydroxylation sites is 1. The highest BCUT2D eigenvalue weighted by Crippen LogP contribution is 2.15. The average molecular weight is 234 g/mol. The maximum absolute atomic E-state index is 11.7. The molecule has 0 radical (unpaired) electrons. The van der Waals surface area contributed by atoms with E-state index in [1.165, 1.54) is 0 Å². The van der Waals surface area contributed by atoms with Gasteiger partial charge in [-0.3, -0.25) is 5.10 Å². The van der Waals surface area contributed by atoms with E-state index in [-0.39, 0.29) is 6.61 Å². The van der Waals surface area contributed by atoms with Crippen molar-refractivity contribution < 1.29 is 14.3 Å². The summed E-state index contributed by atoms with van der Waals surface area (Å²) in [6.07, 6.45) is 0. The average Bonchev–Trinajstić information content (AvgIpc) is 2.78. The molecule has 2 aromatic rings. The summed E-state index contributed by atoms with van der Waals surface area (Å²) in [6.45, 7) is 3.16. The number of carbonyl (C=O) groups is 1. The molecule has 1 N–H and O–H groups in total. The molecule has 0 amide bonds. The van der Waals surface area contributed by atoms with Gasteiger partial charge in [0.2, 0.25) is 0 Å². The lowest BCUT2D eigenvalue weighted by molar-refractivity contribution is 0.0331. The maximum atomic E-state index is 11.7. The molecule has 5 nitrogen and oxygen atoms in total. The topological polar surface area (TPSA) is 64.2 Å². The highest BCUT2D eigenvalue weighted by Gasteiger charge is 2.14. The van der Waals surface area contributed by atoms with E-state index in [2.05, 4.69) is 10.2 Å². The predicted octanol–water partition coefficient (Wildman–Crippen LogP) is 1.76. The molecule has 17 heavy (non-hydrogen) atoms. The Hall–Kier alpha value is -1.88. The van der Waals surface area contributed by atoms with Gasteiger partial charge in [-0.25, -0.2) is 4.79 Å². The first kappa shape index (κ1) is 11.6. The standard InChI is InChI=1S/C12H14N2O3/c1-2-16-7-8-17-12(15)11-9-5-3-4-6-10(9)13-14-11/h3-6H,2,7-8H2,1H3,(H,13,14). The van der Waals surface area contributed by atoms with Crippen LogP contribution in [0.1, 0.15) is 17.4 Å². The van der Waals surface area contributed by atoms with E-state index in [9.17, 15) is 4.79 Å². The summed E-state index contributed by atoms with van der Waals surface area (Å²) in [7, 11) is 0. The minimum Gasteiger partial charge on any atom is -0.458 e. The zero-order valence-corrected chi connectivity index (χ0v) is 9.60. The fourth-order valence-corrected chi connectivity index (χ4v) is 1.53. The Balaban J connectivity index is 2.04. The molecular weight excluding hydrogens is 220 g/mol. The summed E-state index contributed by atoms with van der Waals surface area (Å²) in [5.41, 5.74) is 1.14. The van der Waals surface area contributed by atoms with Gasteiger partial charge in [0.1, 0.15) is 6.61 Å². The molecule has 0 aliphatic heterocycles. The molecule has 0 atom stereocenters. The monoisotopic (exact) mass is 234 g/mol. The van der Waals surface area contributed by atoms with Crippen LogP contribution in [0, 0.1) is 0 Å². The Morgan fingerprint density at radius 3 is 3.00 bits per heavy atom. The number of aromatic amines is 1. The first-order valence-electron chi connectivity index (χ1n) is 5.51. The Bertz CT molecular complexity index is 507. The van der Waals surface area contributed by atoms with Gasteiger partial charge in [0.05, 0.1) is 12.1 Å². The smallest absolute Gasteiger partial charge is 0.359 e. The summed E-state index contributed by atoms with van der Waals surface area (Å²) in [5.74, 6) is -0.429. The number of esters is 1. The zero-order chi connectivity index (χ0) is 12.1. The number of ether oxygens (including phenoxy) is 2. The van der Waals surface area contributed by atoms with Gasteiger partial charge in [0.25, 0.3) is 0 Å². The molecule has 0 saturated heterocycles. The summed E-state index contributed by atoms with van der Waals surface area (Å²) in [6, 6.07) is 7.43. The number of H-pyrrole nitrogens is 1. The molecule has 0 unspecified atom stereocenters. The third kappa shape index (κ3) is 2.62. The lowest BCUT2D eigenvalue weighted by atomic mass is 10.2. The largest absolute Gasteiger partial charge is 0.458 e. The van der Waals surface area contributed by atoms with Crippen LogP contribution >= 0.6 is 0 Å². The molecule has 0 spiro atoms. The Morgan fingerprint density at radius 2 is 2.18 bits per heavy atom. The molecule has 1 aromatic carbocycles. The van der Waals surface area contributed by atoms with E-state index in [4.69, 9.17) is 9.47 Å². The minimum absolute atomic E-state index is 0.244. The third-order valence-corrected chi connectivity index (χ3v) is 2.33. The highest BCUT2D eigenvalue weighted by atomic mass is 16.6. The number of carbonyl (C=O) groups excluding carboxylic acids is 1. The first-order chi connectivity index (χ1) is 8.33. The lowest BCUT2D eigenvalue weighted by Gasteiger charge is -2.02. The van der Waals surface area contributed by atoms with Gasteiger partial charge in [-0.15, -0.1) is 0 Å². The number of hydrogen-bond donors (Lipinski definition) is 1. The number of hydrogen-bond acceptors (Lipinski definition) is 4. The van der Waals surface area contributed by atoms with Crippen LogP contribution in [-0.2, 0) is 9.47 Å². The summed E-state index contributed by atoms with van der Waals surface area (Å²) in [5, 5.41) is 7.51. The number of nitrogens with zero attached hydrogens (tertiary/aromatic N) is 1. The zero-order valence-electron chi connectivity index (χ0n) is 9.60. The van der Waals surface area contributed by atoms with E-state index in [1.54, 1.807) is 0 Å². The molecule has 0 bridgehead atoms. The van der Waals surface area contributed by atoms with Gasteiger partial charge >= 0.3 is 5.97 Å². The fourth-order valence-electron chi connectivity index (χ4n) is 1.53. The van der Waals surface area contributed by atoms with Crippen LogP contribution in [0.3, 0.4) is 0 Å². The summed E-state index contributed by atoms with van der Waals surface area (Å²) in [4.78, 5) is 11.7. The molecular formula is C12H14N2O3. The van der Waals surface area contributed by atoms with E-state index in [0.29, 0.717) is 18.9 Å². The second kappa shape index (κ2) is 5.45. The molecule has 0 aliphatic rings. The molecule has 5 heteroatoms. The van der Waals surface area contributed by atoms with Gasteiger partial charge in [0, 0.05) is 12.0 Å². The van der Waals surface area contributed by atoms with E-state index >= 15 is 0 Å². The number of nitrogens with one attached hydrogen (secondary N) is 1. The number of fused-ring (bicyclic) bond motifs is 1. The van der Waals surface area contributed by atoms with Crippen molar-refractivity contribution in [1.29, 1.82) is 0 Å². The molecule has 2 rings (SSSR count). The minimum atomic E-state index is -0.429. The third-order valence-electron chi connectivity index (χ3n) is 2.33. The van der Waals surface area contributed by atoms with Crippen LogP contribution < -0.4 is 0 Å². The molecule has 0 saturated carbocycles. The van der Waals surface area contributed by atoms with Crippen molar-refractivity contribution >= 4 is 16.9 Å². The van der Waals surface area contributed by atoms with E-state index in [0.717, 1.165) is 10.9 Å². The summed E-state index contributed by atoms with van der Waals surface area (Å²) < 4.78 is 10.1.